The number of carbonyl (C=O) groups excluding carboxylic acids is 1. The van der Waals surface area contributed by atoms with Crippen LogP contribution in [0.5, 0.6) is 0 Å². The first-order chi connectivity index (χ1) is 11.3. The molecule has 24 heavy (non-hydrogen) atoms. The first-order valence-electron chi connectivity index (χ1n) is 8.03. The Morgan fingerprint density at radius 2 is 2.12 bits per heavy atom. The minimum atomic E-state index is -1.58. The summed E-state index contributed by atoms with van der Waals surface area (Å²) in [5.41, 5.74) is -0.128. The Morgan fingerprint density at radius 3 is 2.79 bits per heavy atom. The van der Waals surface area contributed by atoms with Crippen molar-refractivity contribution in [3.8, 4) is 0 Å². The lowest BCUT2D eigenvalue weighted by atomic mass is 9.99. The lowest BCUT2D eigenvalue weighted by Gasteiger charge is -2.34. The van der Waals surface area contributed by atoms with Gasteiger partial charge in [0.1, 0.15) is 17.4 Å². The van der Waals surface area contributed by atoms with Gasteiger partial charge in [-0.1, -0.05) is 5.16 Å². The van der Waals surface area contributed by atoms with Crippen LogP contribution in [0.25, 0.3) is 0 Å². The third kappa shape index (κ3) is 3.33. The van der Waals surface area contributed by atoms with Crippen LogP contribution in [0, 0.1) is 0 Å². The molecule has 0 aromatic carbocycles. The Morgan fingerprint density at radius 1 is 1.42 bits per heavy atom. The lowest BCUT2D eigenvalue weighted by Crippen LogP contribution is -2.53. The molecule has 1 saturated heterocycles. The second-order valence-corrected chi connectivity index (χ2v) is 7.06. The molecule has 1 fully saturated rings. The Kier molecular flexibility index (Phi) is 4.16. The van der Waals surface area contributed by atoms with Gasteiger partial charge in [0.25, 0.3) is 5.79 Å². The van der Waals surface area contributed by atoms with Gasteiger partial charge in [-0.3, -0.25) is 4.90 Å². The summed E-state index contributed by atoms with van der Waals surface area (Å²) < 4.78 is 5.43. The molecule has 130 valence electrons. The van der Waals surface area contributed by atoms with E-state index in [1.54, 1.807) is 18.5 Å². The molecule has 0 radical (unpaired) electrons. The maximum atomic E-state index is 12.4. The van der Waals surface area contributed by atoms with Gasteiger partial charge in [-0.2, -0.15) is 0 Å². The predicted octanol–water partition coefficient (Wildman–Crippen LogP) is 1.69. The SMILES string of the molecule is CC(C)(C)OC(=O)N1CCC[C@H]1[C@]1(O)CC(c2ncccn2)=NO1. The molecule has 2 atom stereocenters. The fourth-order valence-corrected chi connectivity index (χ4v) is 2.96. The standard InChI is InChI=1S/C16H22N4O4/c1-15(2,3)23-14(21)20-9-4-6-12(20)16(22)10-11(19-24-16)13-17-7-5-8-18-13/h5,7-8,12,22H,4,6,9-10H2,1-3H3/t12-,16-/m0/s1. The number of oxime groups is 1. The van der Waals surface area contributed by atoms with E-state index in [1.807, 2.05) is 20.8 Å². The molecular weight excluding hydrogens is 312 g/mol. The van der Waals surface area contributed by atoms with Gasteiger partial charge in [0, 0.05) is 18.9 Å². The number of aliphatic hydroxyl groups is 1. The van der Waals surface area contributed by atoms with Gasteiger partial charge in [-0.15, -0.1) is 0 Å². The number of hydrogen-bond acceptors (Lipinski definition) is 7. The number of likely N-dealkylation sites (tertiary alicyclic amines) is 1. The molecule has 2 aliphatic heterocycles. The number of amides is 1. The molecule has 1 amide bonds. The van der Waals surface area contributed by atoms with Crippen LogP contribution >= 0.6 is 0 Å². The van der Waals surface area contributed by atoms with E-state index in [1.165, 1.54) is 4.90 Å². The smallest absolute Gasteiger partial charge is 0.410 e. The Bertz CT molecular complexity index is 643. The van der Waals surface area contributed by atoms with E-state index in [9.17, 15) is 9.90 Å². The first-order valence-corrected chi connectivity index (χ1v) is 8.03. The second kappa shape index (κ2) is 6.01. The highest BCUT2D eigenvalue weighted by atomic mass is 16.7. The minimum absolute atomic E-state index is 0.126. The summed E-state index contributed by atoms with van der Waals surface area (Å²) in [5.74, 6) is -1.17. The zero-order valence-corrected chi connectivity index (χ0v) is 14.1. The molecule has 0 saturated carbocycles. The Balaban J connectivity index is 1.73. The largest absolute Gasteiger partial charge is 0.444 e. The average molecular weight is 334 g/mol. The zero-order valence-electron chi connectivity index (χ0n) is 14.1. The Hall–Kier alpha value is -2.22. The van der Waals surface area contributed by atoms with E-state index in [0.29, 0.717) is 24.5 Å². The van der Waals surface area contributed by atoms with Crippen molar-refractivity contribution in [2.75, 3.05) is 6.54 Å². The fraction of sp³-hybridized carbons (Fsp3) is 0.625. The molecule has 8 nitrogen and oxygen atoms in total. The van der Waals surface area contributed by atoms with E-state index in [0.717, 1.165) is 6.42 Å². The number of rotatable bonds is 2. The topological polar surface area (TPSA) is 97.1 Å². The number of nitrogens with zero attached hydrogens (tertiary/aromatic N) is 4. The Labute approximate surface area is 140 Å². The molecule has 0 aliphatic carbocycles. The van der Waals surface area contributed by atoms with Gasteiger partial charge in [-0.05, 0) is 39.7 Å². The van der Waals surface area contributed by atoms with Gasteiger partial charge in [0.15, 0.2) is 5.82 Å². The van der Waals surface area contributed by atoms with Crippen LogP contribution in [-0.2, 0) is 9.57 Å². The lowest BCUT2D eigenvalue weighted by molar-refractivity contribution is -0.217. The quantitative estimate of drug-likeness (QED) is 0.884. The van der Waals surface area contributed by atoms with E-state index in [2.05, 4.69) is 15.1 Å². The maximum absolute atomic E-state index is 12.4. The van der Waals surface area contributed by atoms with E-state index in [-0.39, 0.29) is 6.42 Å². The van der Waals surface area contributed by atoms with Crippen LogP contribution in [0.1, 0.15) is 45.9 Å². The first kappa shape index (κ1) is 16.6. The second-order valence-electron chi connectivity index (χ2n) is 7.06. The van der Waals surface area contributed by atoms with Crippen molar-refractivity contribution in [2.45, 2.75) is 57.5 Å². The van der Waals surface area contributed by atoms with Gasteiger partial charge >= 0.3 is 6.09 Å². The number of ether oxygens (including phenoxy) is 1. The van der Waals surface area contributed by atoms with Gasteiger partial charge in [0.2, 0.25) is 0 Å². The van der Waals surface area contributed by atoms with Crippen molar-refractivity contribution in [1.82, 2.24) is 14.9 Å². The van der Waals surface area contributed by atoms with Crippen molar-refractivity contribution < 1.29 is 19.5 Å². The van der Waals surface area contributed by atoms with Crippen LogP contribution in [0.15, 0.2) is 23.6 Å². The van der Waals surface area contributed by atoms with Crippen LogP contribution in [0.4, 0.5) is 4.79 Å². The summed E-state index contributed by atoms with van der Waals surface area (Å²) in [6.45, 7) is 5.95. The van der Waals surface area contributed by atoms with Gasteiger partial charge in [-0.25, -0.2) is 14.8 Å². The molecule has 0 unspecified atom stereocenters. The highest BCUT2D eigenvalue weighted by Gasteiger charge is 2.52. The molecule has 0 spiro atoms. The summed E-state index contributed by atoms with van der Waals surface area (Å²) in [4.78, 5) is 27.5. The van der Waals surface area contributed by atoms with Crippen LogP contribution < -0.4 is 0 Å². The molecule has 8 heteroatoms. The monoisotopic (exact) mass is 334 g/mol. The van der Waals surface area contributed by atoms with Crippen LogP contribution in [-0.4, -0.2) is 55.8 Å². The average Bonchev–Trinajstić information content (AvgIpc) is 3.14. The van der Waals surface area contributed by atoms with E-state index < -0.39 is 23.5 Å². The van der Waals surface area contributed by atoms with E-state index in [4.69, 9.17) is 9.57 Å². The summed E-state index contributed by atoms with van der Waals surface area (Å²) in [7, 11) is 0. The number of carbonyl (C=O) groups is 1. The molecule has 2 aliphatic rings. The van der Waals surface area contributed by atoms with Crippen molar-refractivity contribution in [3.05, 3.63) is 24.3 Å². The molecule has 3 heterocycles. The van der Waals surface area contributed by atoms with Crippen molar-refractivity contribution in [1.29, 1.82) is 0 Å². The summed E-state index contributed by atoms with van der Waals surface area (Å²) >= 11 is 0. The number of aromatic nitrogens is 2. The normalized spacial score (nSPS) is 26.9. The maximum Gasteiger partial charge on any atom is 0.410 e. The third-order valence-electron chi connectivity index (χ3n) is 3.96. The van der Waals surface area contributed by atoms with Crippen LogP contribution in [0.2, 0.25) is 0 Å². The molecule has 1 aromatic rings. The predicted molar refractivity (Wildman–Crippen MR) is 85.2 cm³/mol. The minimum Gasteiger partial charge on any atom is -0.444 e. The molecular formula is C16H22N4O4. The highest BCUT2D eigenvalue weighted by molar-refractivity contribution is 5.98. The summed E-state index contributed by atoms with van der Waals surface area (Å²) in [5, 5.41) is 14.8. The van der Waals surface area contributed by atoms with E-state index >= 15 is 0 Å². The fourth-order valence-electron chi connectivity index (χ4n) is 2.96. The third-order valence-corrected chi connectivity index (χ3v) is 3.96. The van der Waals surface area contributed by atoms with Gasteiger partial charge in [0.05, 0.1) is 6.42 Å². The molecule has 3 rings (SSSR count). The van der Waals surface area contributed by atoms with Crippen molar-refractivity contribution >= 4 is 11.8 Å². The summed E-state index contributed by atoms with van der Waals surface area (Å²) in [6.07, 6.45) is 4.27. The van der Waals surface area contributed by atoms with Crippen molar-refractivity contribution in [3.63, 3.8) is 0 Å². The molecule has 1 N–H and O–H groups in total. The highest BCUT2D eigenvalue weighted by Crippen LogP contribution is 2.35. The number of hydrogen-bond donors (Lipinski definition) is 1. The molecule has 0 bridgehead atoms. The molecule has 1 aromatic heterocycles. The zero-order chi connectivity index (χ0) is 17.4. The van der Waals surface area contributed by atoms with Crippen LogP contribution in [0.3, 0.4) is 0 Å². The summed E-state index contributed by atoms with van der Waals surface area (Å²) in [6, 6.07) is 1.19. The van der Waals surface area contributed by atoms with Crippen molar-refractivity contribution in [2.24, 2.45) is 5.16 Å². The van der Waals surface area contributed by atoms with Gasteiger partial charge < -0.3 is 14.7 Å².